The van der Waals surface area contributed by atoms with Gasteiger partial charge in [0.2, 0.25) is 0 Å². The van der Waals surface area contributed by atoms with Gasteiger partial charge in [0, 0.05) is 51.2 Å². The lowest BCUT2D eigenvalue weighted by Gasteiger charge is -2.08. The predicted octanol–water partition coefficient (Wildman–Crippen LogP) is 6.14. The minimum absolute atomic E-state index is 0.845. The summed E-state index contributed by atoms with van der Waals surface area (Å²) in [4.78, 5) is 1.69. The maximum Gasteiger partial charge on any atom is 0.0504 e. The summed E-state index contributed by atoms with van der Waals surface area (Å²) in [5.41, 5.74) is 6.36. The maximum absolute atomic E-state index is 12.2. The quantitative estimate of drug-likeness (QED) is 0.325. The van der Waals surface area contributed by atoms with Crippen LogP contribution in [0, 0.1) is 0 Å². The van der Waals surface area contributed by atoms with Crippen molar-refractivity contribution in [1.29, 1.82) is 0 Å². The van der Waals surface area contributed by atoms with Crippen LogP contribution in [-0.4, -0.2) is 25.5 Å². The molecule has 0 spiro atoms. The van der Waals surface area contributed by atoms with Gasteiger partial charge in [-0.05, 0) is 46.5 Å². The summed E-state index contributed by atoms with van der Waals surface area (Å²) in [5, 5.41) is 2.36. The zero-order valence-electron chi connectivity index (χ0n) is 18.2. The van der Waals surface area contributed by atoms with E-state index in [0.717, 1.165) is 43.1 Å². The summed E-state index contributed by atoms with van der Waals surface area (Å²) in [5.74, 6) is 0. The summed E-state index contributed by atoms with van der Waals surface area (Å²) in [6.07, 6.45) is 3.44. The Hall–Kier alpha value is -3.02. The summed E-state index contributed by atoms with van der Waals surface area (Å²) >= 11 is 0. The van der Waals surface area contributed by atoms with E-state index in [1.165, 1.54) is 10.8 Å². The standard InChI is InChI=1S/C27H23NO2S2/c1-28-24-16-18(20-8-4-6-10-26(20)31(2)29)12-14-22(24)23-15-13-19(17-25(23)28)21-9-5-7-11-27(21)32(3)30/h4-17H,1-3H3. The number of fused-ring (bicyclic) bond motifs is 3. The highest BCUT2D eigenvalue weighted by Gasteiger charge is 2.14. The molecule has 1 aromatic heterocycles. The van der Waals surface area contributed by atoms with Crippen molar-refractivity contribution in [2.45, 2.75) is 9.79 Å². The summed E-state index contributed by atoms with van der Waals surface area (Å²) in [6.45, 7) is 0. The first-order chi connectivity index (χ1) is 15.5. The van der Waals surface area contributed by atoms with E-state index >= 15 is 0 Å². The Morgan fingerprint density at radius 3 is 1.41 bits per heavy atom. The van der Waals surface area contributed by atoms with Gasteiger partial charge in [0.1, 0.15) is 0 Å². The van der Waals surface area contributed by atoms with Crippen molar-refractivity contribution >= 4 is 43.4 Å². The fourth-order valence-corrected chi connectivity index (χ4v) is 5.98. The van der Waals surface area contributed by atoms with Crippen LogP contribution in [0.3, 0.4) is 0 Å². The zero-order valence-corrected chi connectivity index (χ0v) is 19.8. The van der Waals surface area contributed by atoms with Crippen LogP contribution in [-0.2, 0) is 28.6 Å². The fourth-order valence-electron chi connectivity index (χ4n) is 4.45. The van der Waals surface area contributed by atoms with E-state index in [2.05, 4.69) is 48.0 Å². The van der Waals surface area contributed by atoms with Gasteiger partial charge in [-0.3, -0.25) is 8.42 Å². The SMILES string of the molecule is Cn1c2cc(-c3ccccc3S(C)=O)ccc2c2ccc(-c3ccccc3S(C)=O)cc21. The summed E-state index contributed by atoms with van der Waals surface area (Å²) in [7, 11) is -0.0387. The van der Waals surface area contributed by atoms with Gasteiger partial charge < -0.3 is 4.57 Å². The molecule has 0 aliphatic carbocycles. The molecular weight excluding hydrogens is 434 g/mol. The molecule has 0 bridgehead atoms. The number of hydrogen-bond donors (Lipinski definition) is 0. The van der Waals surface area contributed by atoms with Gasteiger partial charge in [0.25, 0.3) is 0 Å². The van der Waals surface area contributed by atoms with Crippen molar-refractivity contribution < 1.29 is 8.42 Å². The molecule has 160 valence electrons. The predicted molar refractivity (Wildman–Crippen MR) is 136 cm³/mol. The molecule has 5 rings (SSSR count). The normalized spacial score (nSPS) is 13.5. The van der Waals surface area contributed by atoms with Crippen LogP contribution in [0.15, 0.2) is 94.7 Å². The molecule has 2 atom stereocenters. The third kappa shape index (κ3) is 3.42. The van der Waals surface area contributed by atoms with Crippen molar-refractivity contribution in [3.05, 3.63) is 84.9 Å². The molecule has 5 aromatic rings. The summed E-state index contributed by atoms with van der Waals surface area (Å²) < 4.78 is 26.7. The van der Waals surface area contributed by atoms with Gasteiger partial charge in [0.05, 0.1) is 21.6 Å². The first kappa shape index (κ1) is 20.9. The van der Waals surface area contributed by atoms with Gasteiger partial charge in [-0.25, -0.2) is 0 Å². The monoisotopic (exact) mass is 457 g/mol. The summed E-state index contributed by atoms with van der Waals surface area (Å²) in [6, 6.07) is 28.6. The molecule has 5 heteroatoms. The van der Waals surface area contributed by atoms with Gasteiger partial charge in [0.15, 0.2) is 0 Å². The zero-order chi connectivity index (χ0) is 22.4. The van der Waals surface area contributed by atoms with Crippen LogP contribution in [0.1, 0.15) is 0 Å². The van der Waals surface area contributed by atoms with E-state index in [0.29, 0.717) is 0 Å². The van der Waals surface area contributed by atoms with Crippen molar-refractivity contribution in [3.8, 4) is 22.3 Å². The fraction of sp³-hybridized carbons (Fsp3) is 0.111. The molecule has 1 heterocycles. The van der Waals surface area contributed by atoms with Gasteiger partial charge in [-0.15, -0.1) is 0 Å². The minimum Gasteiger partial charge on any atom is -0.344 e. The van der Waals surface area contributed by atoms with Crippen LogP contribution in [0.25, 0.3) is 44.1 Å². The van der Waals surface area contributed by atoms with Crippen molar-refractivity contribution in [2.24, 2.45) is 7.05 Å². The molecule has 0 amide bonds. The second-order valence-corrected chi connectivity index (χ2v) is 10.6. The lowest BCUT2D eigenvalue weighted by molar-refractivity contribution is 0.686. The number of aromatic nitrogens is 1. The highest BCUT2D eigenvalue weighted by molar-refractivity contribution is 7.84. The first-order valence-corrected chi connectivity index (χ1v) is 13.4. The largest absolute Gasteiger partial charge is 0.344 e. The molecule has 32 heavy (non-hydrogen) atoms. The third-order valence-corrected chi connectivity index (χ3v) is 7.97. The smallest absolute Gasteiger partial charge is 0.0504 e. The molecule has 0 N–H and O–H groups in total. The molecule has 2 unspecified atom stereocenters. The van der Waals surface area contributed by atoms with Crippen molar-refractivity contribution in [3.63, 3.8) is 0 Å². The first-order valence-electron chi connectivity index (χ1n) is 10.3. The molecule has 4 aromatic carbocycles. The molecule has 0 saturated heterocycles. The van der Waals surface area contributed by atoms with Gasteiger partial charge >= 0.3 is 0 Å². The Kier molecular flexibility index (Phi) is 5.31. The number of rotatable bonds is 4. The van der Waals surface area contributed by atoms with E-state index in [1.807, 2.05) is 48.5 Å². The van der Waals surface area contributed by atoms with E-state index < -0.39 is 21.6 Å². The van der Waals surface area contributed by atoms with Crippen molar-refractivity contribution in [2.75, 3.05) is 12.5 Å². The lowest BCUT2D eigenvalue weighted by atomic mass is 10.0. The van der Waals surface area contributed by atoms with Crippen LogP contribution in [0.5, 0.6) is 0 Å². The minimum atomic E-state index is -1.06. The number of benzene rings is 4. The molecule has 0 saturated carbocycles. The van der Waals surface area contributed by atoms with Crippen LogP contribution >= 0.6 is 0 Å². The topological polar surface area (TPSA) is 39.1 Å². The third-order valence-electron chi connectivity index (χ3n) is 6.02. The highest BCUT2D eigenvalue weighted by Crippen LogP contribution is 2.36. The van der Waals surface area contributed by atoms with Crippen LogP contribution in [0.4, 0.5) is 0 Å². The van der Waals surface area contributed by atoms with E-state index in [1.54, 1.807) is 12.5 Å². The molecule has 0 aliphatic heterocycles. The van der Waals surface area contributed by atoms with Crippen LogP contribution < -0.4 is 0 Å². The Bertz CT molecular complexity index is 1430. The Balaban J connectivity index is 1.71. The van der Waals surface area contributed by atoms with Crippen LogP contribution in [0.2, 0.25) is 0 Å². The number of aryl methyl sites for hydroxylation is 1. The van der Waals surface area contributed by atoms with E-state index in [4.69, 9.17) is 0 Å². The van der Waals surface area contributed by atoms with Gasteiger partial charge in [-0.1, -0.05) is 60.7 Å². The Labute approximate surface area is 192 Å². The highest BCUT2D eigenvalue weighted by atomic mass is 32.2. The molecular formula is C27H23NO2S2. The molecule has 0 aliphatic rings. The van der Waals surface area contributed by atoms with Crippen molar-refractivity contribution in [1.82, 2.24) is 4.57 Å². The van der Waals surface area contributed by atoms with Gasteiger partial charge in [-0.2, -0.15) is 0 Å². The Morgan fingerprint density at radius 1 is 0.594 bits per heavy atom. The number of nitrogens with zero attached hydrogens (tertiary/aromatic N) is 1. The second kappa shape index (κ2) is 8.15. The average Bonchev–Trinajstić information content (AvgIpc) is 3.10. The maximum atomic E-state index is 12.2. The average molecular weight is 458 g/mol. The molecule has 0 radical (unpaired) electrons. The number of hydrogen-bond acceptors (Lipinski definition) is 2. The van der Waals surface area contributed by atoms with E-state index in [9.17, 15) is 8.42 Å². The Morgan fingerprint density at radius 2 is 1.00 bits per heavy atom. The molecule has 0 fully saturated rings. The van der Waals surface area contributed by atoms with E-state index in [-0.39, 0.29) is 0 Å². The second-order valence-electron chi connectivity index (χ2n) is 7.92. The molecule has 3 nitrogen and oxygen atoms in total. The lowest BCUT2D eigenvalue weighted by Crippen LogP contribution is -1.93.